The first kappa shape index (κ1) is 15.0. The van der Waals surface area contributed by atoms with Gasteiger partial charge in [-0.05, 0) is 44.4 Å². The predicted molar refractivity (Wildman–Crippen MR) is 87.5 cm³/mol. The molecule has 5 heteroatoms. The molecule has 3 rings (SSSR count). The van der Waals surface area contributed by atoms with Crippen molar-refractivity contribution in [2.45, 2.75) is 32.2 Å². The lowest BCUT2D eigenvalue weighted by Crippen LogP contribution is -2.38. The Bertz CT molecular complexity index is 654. The summed E-state index contributed by atoms with van der Waals surface area (Å²) in [6.07, 6.45) is 4.94. The molecular weight excluding hydrogens is 296 g/mol. The molecule has 0 spiro atoms. The van der Waals surface area contributed by atoms with Crippen molar-refractivity contribution in [1.82, 2.24) is 9.88 Å². The summed E-state index contributed by atoms with van der Waals surface area (Å²) in [6.45, 7) is 2.77. The summed E-state index contributed by atoms with van der Waals surface area (Å²) in [5.74, 6) is 0.739. The molecular formula is C17H20N2O2S. The molecule has 1 aliphatic rings. The number of aromatic nitrogens is 1. The third-order valence-corrected chi connectivity index (χ3v) is 5.05. The Morgan fingerprint density at radius 2 is 2.27 bits per heavy atom. The average Bonchev–Trinajstić information content (AvgIpc) is 2.96. The van der Waals surface area contributed by atoms with Gasteiger partial charge >= 0.3 is 0 Å². The molecule has 0 aliphatic carbocycles. The topological polar surface area (TPSA) is 42.4 Å². The number of hydrogen-bond donors (Lipinski definition) is 0. The standard InChI is InChI=1S/C17H20N2O2S/c1-12-11-15(21-2)16(22-12)17(20)19-10-6-4-8-14(19)13-7-3-5-9-18-13/h3,5,7,9,11,14H,4,6,8,10H2,1-2H3/t14-/m0/s1. The van der Waals surface area contributed by atoms with Gasteiger partial charge < -0.3 is 9.64 Å². The van der Waals surface area contributed by atoms with Crippen LogP contribution < -0.4 is 4.74 Å². The summed E-state index contributed by atoms with van der Waals surface area (Å²) in [5, 5.41) is 0. The molecule has 1 atom stereocenters. The Morgan fingerprint density at radius 1 is 1.41 bits per heavy atom. The van der Waals surface area contributed by atoms with E-state index in [4.69, 9.17) is 4.74 Å². The number of carbonyl (C=O) groups excluding carboxylic acids is 1. The van der Waals surface area contributed by atoms with Crippen molar-refractivity contribution in [2.24, 2.45) is 0 Å². The SMILES string of the molecule is COc1cc(C)sc1C(=O)N1CCCC[C@H]1c1ccccn1. The van der Waals surface area contributed by atoms with E-state index in [0.717, 1.165) is 36.4 Å². The molecule has 0 saturated carbocycles. The van der Waals surface area contributed by atoms with Crippen LogP contribution in [0.25, 0.3) is 0 Å². The third-order valence-electron chi connectivity index (χ3n) is 4.03. The van der Waals surface area contributed by atoms with E-state index in [-0.39, 0.29) is 11.9 Å². The first-order chi connectivity index (χ1) is 10.7. The van der Waals surface area contributed by atoms with Gasteiger partial charge in [0, 0.05) is 17.6 Å². The van der Waals surface area contributed by atoms with Crippen molar-refractivity contribution >= 4 is 17.2 Å². The van der Waals surface area contributed by atoms with Gasteiger partial charge in [0.2, 0.25) is 0 Å². The van der Waals surface area contributed by atoms with Crippen molar-refractivity contribution in [3.05, 3.63) is 45.9 Å². The van der Waals surface area contributed by atoms with Crippen molar-refractivity contribution in [1.29, 1.82) is 0 Å². The van der Waals surface area contributed by atoms with Gasteiger partial charge in [0.1, 0.15) is 10.6 Å². The number of nitrogens with zero attached hydrogens (tertiary/aromatic N) is 2. The molecule has 0 N–H and O–H groups in total. The summed E-state index contributed by atoms with van der Waals surface area (Å²) in [4.78, 5) is 21.2. The van der Waals surface area contributed by atoms with Gasteiger partial charge in [-0.3, -0.25) is 9.78 Å². The van der Waals surface area contributed by atoms with E-state index in [9.17, 15) is 4.79 Å². The molecule has 0 bridgehead atoms. The highest BCUT2D eigenvalue weighted by Gasteiger charge is 2.31. The van der Waals surface area contributed by atoms with Gasteiger partial charge in [-0.2, -0.15) is 0 Å². The van der Waals surface area contributed by atoms with E-state index >= 15 is 0 Å². The molecule has 2 aromatic rings. The Morgan fingerprint density at radius 3 is 3.00 bits per heavy atom. The molecule has 116 valence electrons. The van der Waals surface area contributed by atoms with Gasteiger partial charge in [-0.1, -0.05) is 6.07 Å². The highest BCUT2D eigenvalue weighted by molar-refractivity contribution is 7.14. The maximum absolute atomic E-state index is 13.0. The van der Waals surface area contributed by atoms with E-state index < -0.39 is 0 Å². The van der Waals surface area contributed by atoms with Crippen molar-refractivity contribution < 1.29 is 9.53 Å². The van der Waals surface area contributed by atoms with Crippen LogP contribution in [0.3, 0.4) is 0 Å². The van der Waals surface area contributed by atoms with Crippen LogP contribution in [-0.4, -0.2) is 29.4 Å². The smallest absolute Gasteiger partial charge is 0.268 e. The molecule has 1 amide bonds. The van der Waals surface area contributed by atoms with Gasteiger partial charge in [0.25, 0.3) is 5.91 Å². The molecule has 22 heavy (non-hydrogen) atoms. The number of aryl methyl sites for hydroxylation is 1. The minimum Gasteiger partial charge on any atom is -0.495 e. The van der Waals surface area contributed by atoms with E-state index in [2.05, 4.69) is 4.98 Å². The van der Waals surface area contributed by atoms with Crippen LogP contribution in [0.15, 0.2) is 30.5 Å². The van der Waals surface area contributed by atoms with Crippen LogP contribution in [0.1, 0.15) is 45.5 Å². The highest BCUT2D eigenvalue weighted by Crippen LogP contribution is 2.35. The van der Waals surface area contributed by atoms with Crippen LogP contribution in [0.4, 0.5) is 0 Å². The van der Waals surface area contributed by atoms with E-state index in [1.54, 1.807) is 13.3 Å². The van der Waals surface area contributed by atoms with Gasteiger partial charge in [0.15, 0.2) is 0 Å². The number of piperidine rings is 1. The maximum atomic E-state index is 13.0. The number of thiophene rings is 1. The molecule has 2 aromatic heterocycles. The van der Waals surface area contributed by atoms with Gasteiger partial charge in [-0.25, -0.2) is 0 Å². The first-order valence-corrected chi connectivity index (χ1v) is 8.38. The first-order valence-electron chi connectivity index (χ1n) is 7.57. The lowest BCUT2D eigenvalue weighted by Gasteiger charge is -2.35. The predicted octanol–water partition coefficient (Wildman–Crippen LogP) is 3.83. The minimum absolute atomic E-state index is 0.0605. The summed E-state index contributed by atoms with van der Waals surface area (Å²) in [7, 11) is 1.62. The van der Waals surface area contributed by atoms with Crippen molar-refractivity contribution in [3.8, 4) is 5.75 Å². The zero-order valence-electron chi connectivity index (χ0n) is 12.9. The number of ether oxygens (including phenoxy) is 1. The lowest BCUT2D eigenvalue weighted by atomic mass is 9.98. The van der Waals surface area contributed by atoms with Gasteiger partial charge in [-0.15, -0.1) is 11.3 Å². The number of methoxy groups -OCH3 is 1. The fourth-order valence-corrected chi connectivity index (χ4v) is 3.91. The van der Waals surface area contributed by atoms with Crippen molar-refractivity contribution in [3.63, 3.8) is 0 Å². The number of carbonyl (C=O) groups is 1. The molecule has 4 nitrogen and oxygen atoms in total. The zero-order chi connectivity index (χ0) is 15.5. The summed E-state index contributed by atoms with van der Waals surface area (Å²) >= 11 is 1.50. The fourth-order valence-electron chi connectivity index (χ4n) is 2.98. The fraction of sp³-hybridized carbons (Fsp3) is 0.412. The monoisotopic (exact) mass is 316 g/mol. The van der Waals surface area contributed by atoms with Crippen LogP contribution in [0.5, 0.6) is 5.75 Å². The number of likely N-dealkylation sites (tertiary alicyclic amines) is 1. The van der Waals surface area contributed by atoms with Crippen LogP contribution in [0, 0.1) is 6.92 Å². The number of rotatable bonds is 3. The van der Waals surface area contributed by atoms with Crippen LogP contribution in [-0.2, 0) is 0 Å². The maximum Gasteiger partial charge on any atom is 0.268 e. The largest absolute Gasteiger partial charge is 0.495 e. The molecule has 1 saturated heterocycles. The summed E-state index contributed by atoms with van der Waals surface area (Å²) < 4.78 is 5.37. The second kappa shape index (κ2) is 6.48. The summed E-state index contributed by atoms with van der Waals surface area (Å²) in [6, 6.07) is 7.89. The Balaban J connectivity index is 1.92. The average molecular weight is 316 g/mol. The lowest BCUT2D eigenvalue weighted by molar-refractivity contribution is 0.0608. The molecule has 1 fully saturated rings. The molecule has 0 unspecified atom stereocenters. The Hall–Kier alpha value is -1.88. The third kappa shape index (κ3) is 2.86. The molecule has 0 radical (unpaired) electrons. The Kier molecular flexibility index (Phi) is 4.43. The van der Waals surface area contributed by atoms with Crippen LogP contribution >= 0.6 is 11.3 Å². The van der Waals surface area contributed by atoms with Crippen LogP contribution in [0.2, 0.25) is 0 Å². The van der Waals surface area contributed by atoms with Gasteiger partial charge in [0.05, 0.1) is 18.8 Å². The minimum atomic E-state index is 0.0605. The quantitative estimate of drug-likeness (QED) is 0.864. The molecule has 1 aliphatic heterocycles. The molecule has 0 aromatic carbocycles. The van der Waals surface area contributed by atoms with E-state index in [1.807, 2.05) is 36.1 Å². The number of pyridine rings is 1. The number of amides is 1. The summed E-state index contributed by atoms with van der Waals surface area (Å²) in [5.41, 5.74) is 0.975. The molecule has 3 heterocycles. The van der Waals surface area contributed by atoms with Crippen molar-refractivity contribution in [2.75, 3.05) is 13.7 Å². The normalized spacial score (nSPS) is 18.3. The Labute approximate surface area is 134 Å². The highest BCUT2D eigenvalue weighted by atomic mass is 32.1. The van der Waals surface area contributed by atoms with E-state index in [1.165, 1.54) is 11.3 Å². The second-order valence-electron chi connectivity index (χ2n) is 5.52. The van der Waals surface area contributed by atoms with E-state index in [0.29, 0.717) is 10.6 Å². The second-order valence-corrected chi connectivity index (χ2v) is 6.78. The number of hydrogen-bond acceptors (Lipinski definition) is 4. The zero-order valence-corrected chi connectivity index (χ0v) is 13.7.